The molecule has 3 saturated carbocycles. The number of alkyl halides is 1. The molecule has 3 aliphatic rings. The van der Waals surface area contributed by atoms with Gasteiger partial charge in [-0.05, 0) is 99.0 Å². The van der Waals surface area contributed by atoms with Gasteiger partial charge in [0.15, 0.2) is 0 Å². The van der Waals surface area contributed by atoms with E-state index >= 15 is 0 Å². The molecule has 0 heterocycles. The lowest BCUT2D eigenvalue weighted by Crippen LogP contribution is -2.47. The predicted octanol–water partition coefficient (Wildman–Crippen LogP) is 7.42. The average Bonchev–Trinajstić information content (AvgIpc) is 3.23. The molecule has 3 fully saturated rings. The summed E-state index contributed by atoms with van der Waals surface area (Å²) in [4.78, 5) is 11.5. The highest BCUT2D eigenvalue weighted by molar-refractivity contribution is 5.66. The number of anilines is 2. The molecule has 1 aromatic rings. The molecule has 4 N–H and O–H groups in total. The molecule has 0 saturated heterocycles. The van der Waals surface area contributed by atoms with E-state index in [4.69, 9.17) is 11.6 Å². The lowest BCUT2D eigenvalue weighted by molar-refractivity contribution is -0.118. The molecular formula is C30H52FN3O. The summed E-state index contributed by atoms with van der Waals surface area (Å²) < 4.78 is 12.9. The molecule has 3 aliphatic carbocycles. The van der Waals surface area contributed by atoms with Gasteiger partial charge in [0.05, 0.1) is 18.0 Å². The molecule has 1 aromatic carbocycles. The summed E-state index contributed by atoms with van der Waals surface area (Å²) in [7, 11) is 0. The maximum atomic E-state index is 12.9. The van der Waals surface area contributed by atoms with Crippen molar-refractivity contribution in [2.45, 2.75) is 92.4 Å². The second kappa shape index (κ2) is 14.2. The third kappa shape index (κ3) is 6.58. The Morgan fingerprint density at radius 2 is 1.77 bits per heavy atom. The van der Waals surface area contributed by atoms with Crippen molar-refractivity contribution in [3.8, 4) is 0 Å². The van der Waals surface area contributed by atoms with Crippen molar-refractivity contribution >= 4 is 17.7 Å². The number of nitrogens with two attached hydrogens (primary N) is 2. The van der Waals surface area contributed by atoms with Crippen molar-refractivity contribution in [3.63, 3.8) is 0 Å². The predicted molar refractivity (Wildman–Crippen MR) is 148 cm³/mol. The molecule has 4 rings (SSSR count). The van der Waals surface area contributed by atoms with Crippen LogP contribution in [0.2, 0.25) is 0 Å². The summed E-state index contributed by atoms with van der Waals surface area (Å²) >= 11 is 0. The van der Waals surface area contributed by atoms with Gasteiger partial charge in [0.25, 0.3) is 0 Å². The van der Waals surface area contributed by atoms with Gasteiger partial charge in [-0.25, -0.2) is 5.84 Å². The molecule has 0 aliphatic heterocycles. The number of rotatable bonds is 7. The van der Waals surface area contributed by atoms with Crippen LogP contribution in [-0.2, 0) is 4.79 Å². The topological polar surface area (TPSA) is 72.3 Å². The minimum absolute atomic E-state index is 0.142. The van der Waals surface area contributed by atoms with E-state index in [9.17, 15) is 9.18 Å². The van der Waals surface area contributed by atoms with Crippen LogP contribution in [0.5, 0.6) is 0 Å². The fourth-order valence-corrected chi connectivity index (χ4v) is 7.70. The van der Waals surface area contributed by atoms with Crippen LogP contribution in [0.15, 0.2) is 24.3 Å². The molecule has 0 bridgehead atoms. The number of nitrogen functional groups attached to an aromatic ring is 1. The number of aldehydes is 1. The quantitative estimate of drug-likeness (QED) is 0.181. The van der Waals surface area contributed by atoms with E-state index in [0.717, 1.165) is 54.4 Å². The highest BCUT2D eigenvalue weighted by Crippen LogP contribution is 2.63. The largest absolute Gasteiger partial charge is 0.397 e. The van der Waals surface area contributed by atoms with Crippen molar-refractivity contribution in [1.82, 2.24) is 0 Å². The minimum Gasteiger partial charge on any atom is -0.397 e. The Morgan fingerprint density at radius 3 is 2.37 bits per heavy atom. The van der Waals surface area contributed by atoms with Gasteiger partial charge >= 0.3 is 0 Å². The van der Waals surface area contributed by atoms with Crippen LogP contribution in [-0.4, -0.2) is 19.5 Å². The lowest BCUT2D eigenvalue weighted by Gasteiger charge is -2.54. The Bertz CT molecular complexity index is 759. The number of hydrogen-bond acceptors (Lipinski definition) is 4. The number of para-hydroxylation sites is 2. The molecule has 4 nitrogen and oxygen atoms in total. The average molecular weight is 490 g/mol. The van der Waals surface area contributed by atoms with E-state index in [1.165, 1.54) is 51.2 Å². The Hall–Kier alpha value is -1.62. The van der Waals surface area contributed by atoms with Gasteiger partial charge in [0.1, 0.15) is 6.29 Å². The van der Waals surface area contributed by atoms with Crippen molar-refractivity contribution in [1.29, 1.82) is 0 Å². The minimum atomic E-state index is -0.142. The van der Waals surface area contributed by atoms with Gasteiger partial charge < -0.3 is 15.5 Å². The molecule has 200 valence electrons. The number of nitrogens with zero attached hydrogens (tertiary/aromatic N) is 1. The van der Waals surface area contributed by atoms with Gasteiger partial charge in [0.2, 0.25) is 0 Å². The number of carbonyl (C=O) groups is 1. The molecular weight excluding hydrogens is 437 g/mol. The van der Waals surface area contributed by atoms with E-state index in [1.54, 1.807) is 5.01 Å². The standard InChI is InChI=1S/C20H33FO.C8H13N3.C2H6/c1-3-4-16-14(10-12-21)5-7-18-17(16)9-11-20(2)15(13-22)6-8-19(18)20;1-2-11(10)8-6-4-3-5-7(8)9;1-2/h13-19H,3-12H2,1-2H3;3-6H,2,9-10H2,1H3;1-2H3. The van der Waals surface area contributed by atoms with Crippen LogP contribution in [0.3, 0.4) is 0 Å². The highest BCUT2D eigenvalue weighted by Gasteiger charge is 2.56. The first kappa shape index (κ1) is 29.6. The smallest absolute Gasteiger partial charge is 0.123 e. The Labute approximate surface area is 214 Å². The van der Waals surface area contributed by atoms with Crippen molar-refractivity contribution in [3.05, 3.63) is 24.3 Å². The van der Waals surface area contributed by atoms with Crippen LogP contribution in [0, 0.1) is 40.9 Å². The molecule has 7 atom stereocenters. The molecule has 0 radical (unpaired) electrons. The molecule has 0 aromatic heterocycles. The summed E-state index contributed by atoms with van der Waals surface area (Å²) in [5.74, 6) is 9.71. The second-order valence-corrected chi connectivity index (χ2v) is 10.9. The molecule has 0 amide bonds. The molecule has 5 heteroatoms. The summed E-state index contributed by atoms with van der Waals surface area (Å²) in [5, 5.41) is 1.62. The van der Waals surface area contributed by atoms with E-state index in [1.807, 2.05) is 45.0 Å². The van der Waals surface area contributed by atoms with Crippen molar-refractivity contribution < 1.29 is 9.18 Å². The molecule has 0 spiro atoms. The van der Waals surface area contributed by atoms with E-state index in [0.29, 0.717) is 11.8 Å². The zero-order valence-corrected chi connectivity index (χ0v) is 23.0. The second-order valence-electron chi connectivity index (χ2n) is 10.9. The summed E-state index contributed by atoms with van der Waals surface area (Å²) in [5.41, 5.74) is 7.55. The Balaban J connectivity index is 0.000000280. The first-order valence-electron chi connectivity index (χ1n) is 14.3. The van der Waals surface area contributed by atoms with Gasteiger partial charge in [-0.3, -0.25) is 4.39 Å². The zero-order chi connectivity index (χ0) is 26.0. The molecule has 35 heavy (non-hydrogen) atoms. The number of halogens is 1. The fraction of sp³-hybridized carbons (Fsp3) is 0.767. The van der Waals surface area contributed by atoms with Gasteiger partial charge in [-0.1, -0.05) is 52.7 Å². The number of hydrazine groups is 1. The first-order valence-corrected chi connectivity index (χ1v) is 14.3. The SMILES string of the molecule is CC.CCCC1C(CCF)CCC2C1CCC1(C)C(C=O)CCC21.CCN(N)c1ccccc1N. The number of benzene rings is 1. The summed E-state index contributed by atoms with van der Waals surface area (Å²) in [6.07, 6.45) is 12.0. The van der Waals surface area contributed by atoms with Crippen LogP contribution < -0.4 is 16.6 Å². The Morgan fingerprint density at radius 1 is 1.06 bits per heavy atom. The van der Waals surface area contributed by atoms with Crippen molar-refractivity contribution in [2.75, 3.05) is 24.0 Å². The van der Waals surface area contributed by atoms with E-state index < -0.39 is 0 Å². The fourth-order valence-electron chi connectivity index (χ4n) is 7.70. The third-order valence-electron chi connectivity index (χ3n) is 9.45. The van der Waals surface area contributed by atoms with Crippen LogP contribution in [0.4, 0.5) is 15.8 Å². The van der Waals surface area contributed by atoms with Crippen LogP contribution >= 0.6 is 0 Å². The summed E-state index contributed by atoms with van der Waals surface area (Å²) in [6, 6.07) is 7.55. The van der Waals surface area contributed by atoms with Crippen LogP contribution in [0.1, 0.15) is 92.4 Å². The highest BCUT2D eigenvalue weighted by atomic mass is 19.1. The normalized spacial score (nSPS) is 33.2. The maximum Gasteiger partial charge on any atom is 0.123 e. The van der Waals surface area contributed by atoms with E-state index in [2.05, 4.69) is 13.8 Å². The van der Waals surface area contributed by atoms with Gasteiger partial charge in [0, 0.05) is 12.5 Å². The number of hydrogen-bond donors (Lipinski definition) is 2. The van der Waals surface area contributed by atoms with Gasteiger partial charge in [-0.2, -0.15) is 0 Å². The lowest BCUT2D eigenvalue weighted by atomic mass is 9.51. The van der Waals surface area contributed by atoms with Crippen molar-refractivity contribution in [2.24, 2.45) is 46.8 Å². The maximum absolute atomic E-state index is 12.9. The molecule has 7 unspecified atom stereocenters. The summed E-state index contributed by atoms with van der Waals surface area (Å²) in [6.45, 7) is 11.3. The Kier molecular flexibility index (Phi) is 12.0. The third-order valence-corrected chi connectivity index (χ3v) is 9.45. The first-order chi connectivity index (χ1) is 16.9. The number of fused-ring (bicyclic) bond motifs is 3. The van der Waals surface area contributed by atoms with Crippen LogP contribution in [0.25, 0.3) is 0 Å². The monoisotopic (exact) mass is 489 g/mol. The van der Waals surface area contributed by atoms with E-state index in [-0.39, 0.29) is 12.1 Å². The number of carbonyl (C=O) groups excluding carboxylic acids is 1. The van der Waals surface area contributed by atoms with Gasteiger partial charge in [-0.15, -0.1) is 0 Å². The zero-order valence-electron chi connectivity index (χ0n) is 23.0.